The number of hydrogen-bond donors (Lipinski definition) is 0. The lowest BCUT2D eigenvalue weighted by atomic mass is 10.2. The van der Waals surface area contributed by atoms with Gasteiger partial charge in [0, 0.05) is 13.1 Å². The monoisotopic (exact) mass is 529 g/mol. The van der Waals surface area contributed by atoms with Crippen molar-refractivity contribution in [3.8, 4) is 0 Å². The van der Waals surface area contributed by atoms with Gasteiger partial charge < -0.3 is 23.8 Å². The van der Waals surface area contributed by atoms with Crippen molar-refractivity contribution < 1.29 is 14.0 Å². The lowest BCUT2D eigenvalue weighted by Crippen LogP contribution is -2.53. The van der Waals surface area contributed by atoms with Crippen LogP contribution in [0.3, 0.4) is 0 Å². The summed E-state index contributed by atoms with van der Waals surface area (Å²) in [5.41, 5.74) is 0. The van der Waals surface area contributed by atoms with Crippen molar-refractivity contribution in [2.24, 2.45) is 0 Å². The minimum absolute atomic E-state index is 0.872. The van der Waals surface area contributed by atoms with Crippen LogP contribution in [0.1, 0.15) is 119 Å². The van der Waals surface area contributed by atoms with E-state index in [9.17, 15) is 0 Å². The molecule has 0 aliphatic heterocycles. The Morgan fingerprint density at radius 3 is 1.00 bits per heavy atom. The van der Waals surface area contributed by atoms with Crippen LogP contribution >= 0.6 is 0 Å². The van der Waals surface area contributed by atoms with Crippen molar-refractivity contribution in [1.82, 2.24) is 9.80 Å². The first-order valence-electron chi connectivity index (χ1n) is 16.6. The van der Waals surface area contributed by atoms with Crippen LogP contribution in [0.2, 0.25) is 0 Å². The van der Waals surface area contributed by atoms with Gasteiger partial charge in [0.25, 0.3) is 0 Å². The highest BCUT2D eigenvalue weighted by molar-refractivity contribution is 4.59. The summed E-state index contributed by atoms with van der Waals surface area (Å²) < 4.78 is 13.7. The second-order valence-electron chi connectivity index (χ2n) is 11.3. The van der Waals surface area contributed by atoms with Crippen LogP contribution in [-0.2, 0) is 9.47 Å². The number of quaternary nitrogens is 1. The third kappa shape index (κ3) is 21.3. The van der Waals surface area contributed by atoms with E-state index >= 15 is 0 Å². The topological polar surface area (TPSA) is 24.9 Å². The maximum absolute atomic E-state index is 6.27. The van der Waals surface area contributed by atoms with Crippen molar-refractivity contribution in [2.75, 3.05) is 91.9 Å². The van der Waals surface area contributed by atoms with Crippen molar-refractivity contribution in [3.05, 3.63) is 0 Å². The molecule has 0 unspecified atom stereocenters. The molecule has 0 aliphatic carbocycles. The molecule has 0 bridgehead atoms. The van der Waals surface area contributed by atoms with Crippen molar-refractivity contribution in [3.63, 3.8) is 0 Å². The molecule has 0 radical (unpaired) electrons. The molecule has 0 rings (SSSR count). The molecule has 0 aliphatic rings. The maximum atomic E-state index is 6.27. The second-order valence-corrected chi connectivity index (χ2v) is 11.3. The molecule has 0 spiro atoms. The first-order chi connectivity index (χ1) is 18.1. The largest absolute Gasteiger partial charge is 0.374 e. The number of rotatable bonds is 30. The predicted octanol–water partition coefficient (Wildman–Crippen LogP) is 7.24. The lowest BCUT2D eigenvalue weighted by molar-refractivity contribution is -0.929. The van der Waals surface area contributed by atoms with Crippen molar-refractivity contribution in [1.29, 1.82) is 0 Å². The van der Waals surface area contributed by atoms with Crippen molar-refractivity contribution in [2.45, 2.75) is 119 Å². The van der Waals surface area contributed by atoms with Crippen molar-refractivity contribution >= 4 is 0 Å². The Bertz CT molecular complexity index is 394. The summed E-state index contributed by atoms with van der Waals surface area (Å²) in [6.45, 7) is 29.1. The van der Waals surface area contributed by atoms with Crippen LogP contribution in [0.15, 0.2) is 0 Å². The van der Waals surface area contributed by atoms with Gasteiger partial charge >= 0.3 is 0 Å². The van der Waals surface area contributed by atoms with E-state index in [0.717, 1.165) is 52.6 Å². The first kappa shape index (κ1) is 36.8. The number of hydrogen-bond acceptors (Lipinski definition) is 4. The van der Waals surface area contributed by atoms with Crippen LogP contribution in [-0.4, -0.2) is 106 Å². The molecule has 5 heteroatoms. The Morgan fingerprint density at radius 1 is 0.378 bits per heavy atom. The lowest BCUT2D eigenvalue weighted by Gasteiger charge is -2.39. The van der Waals surface area contributed by atoms with Gasteiger partial charge in [-0.1, -0.05) is 80.1 Å². The smallest absolute Gasteiger partial charge is 0.102 e. The molecular weight excluding hydrogens is 458 g/mol. The zero-order chi connectivity index (χ0) is 27.5. The van der Waals surface area contributed by atoms with Gasteiger partial charge in [-0.25, -0.2) is 0 Å². The third-order valence-corrected chi connectivity index (χ3v) is 7.81. The van der Waals surface area contributed by atoms with Gasteiger partial charge in [0.1, 0.15) is 13.1 Å². The first-order valence-corrected chi connectivity index (χ1v) is 16.6. The summed E-state index contributed by atoms with van der Waals surface area (Å²) in [7, 11) is 0. The fourth-order valence-corrected chi connectivity index (χ4v) is 4.96. The SMILES string of the molecule is CCCCN(CCCC)CCOCC[N+](CCCC)(CCCC)CCOCCN(CCCC)CCCC. The Kier molecular flexibility index (Phi) is 27.2. The normalized spacial score (nSPS) is 12.3. The molecule has 0 amide bonds. The third-order valence-electron chi connectivity index (χ3n) is 7.81. The molecule has 0 fully saturated rings. The summed E-state index contributed by atoms with van der Waals surface area (Å²) in [5.74, 6) is 0. The van der Waals surface area contributed by atoms with Crippen LogP contribution in [0.5, 0.6) is 0 Å². The molecule has 0 N–H and O–H groups in total. The van der Waals surface area contributed by atoms with Gasteiger partial charge in [-0.05, 0) is 64.7 Å². The minimum Gasteiger partial charge on any atom is -0.374 e. The average Bonchev–Trinajstić information content (AvgIpc) is 2.92. The summed E-state index contributed by atoms with van der Waals surface area (Å²) >= 11 is 0. The second kappa shape index (κ2) is 27.4. The summed E-state index contributed by atoms with van der Waals surface area (Å²) in [6, 6.07) is 0. The van der Waals surface area contributed by atoms with Crippen LogP contribution < -0.4 is 0 Å². The fourth-order valence-electron chi connectivity index (χ4n) is 4.96. The zero-order valence-electron chi connectivity index (χ0n) is 26.5. The van der Waals surface area contributed by atoms with Gasteiger partial charge in [-0.15, -0.1) is 0 Å². The molecule has 0 heterocycles. The molecule has 0 aromatic rings. The Balaban J connectivity index is 4.70. The van der Waals surface area contributed by atoms with Crippen LogP contribution in [0.25, 0.3) is 0 Å². The highest BCUT2D eigenvalue weighted by atomic mass is 16.5. The van der Waals surface area contributed by atoms with E-state index in [1.807, 2.05) is 0 Å². The molecule has 0 aromatic heterocycles. The van der Waals surface area contributed by atoms with Crippen LogP contribution in [0.4, 0.5) is 0 Å². The molecule has 5 nitrogen and oxygen atoms in total. The molecule has 224 valence electrons. The van der Waals surface area contributed by atoms with E-state index in [0.29, 0.717) is 0 Å². The fraction of sp³-hybridized carbons (Fsp3) is 1.00. The molecule has 0 saturated heterocycles. The molecule has 37 heavy (non-hydrogen) atoms. The van der Waals surface area contributed by atoms with Gasteiger partial charge in [-0.3, -0.25) is 0 Å². The Morgan fingerprint density at radius 2 is 0.703 bits per heavy atom. The summed E-state index contributed by atoms with van der Waals surface area (Å²) in [5, 5.41) is 0. The van der Waals surface area contributed by atoms with E-state index in [1.54, 1.807) is 0 Å². The quantitative estimate of drug-likeness (QED) is 0.0724. The number of nitrogens with zero attached hydrogens (tertiary/aromatic N) is 3. The molecule has 0 aromatic carbocycles. The van der Waals surface area contributed by atoms with E-state index in [4.69, 9.17) is 9.47 Å². The van der Waals surface area contributed by atoms with Gasteiger partial charge in [0.15, 0.2) is 0 Å². The summed E-state index contributed by atoms with van der Waals surface area (Å²) in [6.07, 6.45) is 15.4. The number of ether oxygens (including phenoxy) is 2. The Labute approximate surface area is 234 Å². The van der Waals surface area contributed by atoms with Gasteiger partial charge in [0.05, 0.1) is 39.5 Å². The highest BCUT2D eigenvalue weighted by Crippen LogP contribution is 2.13. The van der Waals surface area contributed by atoms with E-state index in [1.165, 1.54) is 121 Å². The standard InChI is InChI=1S/C32H70N3O2/c1-7-13-19-33(20-14-8-2)23-29-36-31-27-35(25-17-11-5,26-18-12-6)28-32-37-30-24-34(21-15-9-3)22-16-10-4/h7-32H2,1-6H3/q+1. The van der Waals surface area contributed by atoms with Gasteiger partial charge in [-0.2, -0.15) is 0 Å². The molecule has 0 atom stereocenters. The molecular formula is C32H70N3O2+. The van der Waals surface area contributed by atoms with Gasteiger partial charge in [0.2, 0.25) is 0 Å². The molecule has 0 saturated carbocycles. The average molecular weight is 529 g/mol. The van der Waals surface area contributed by atoms with E-state index in [2.05, 4.69) is 51.3 Å². The van der Waals surface area contributed by atoms with Crippen LogP contribution in [0, 0.1) is 0 Å². The number of unbranched alkanes of at least 4 members (excludes halogenated alkanes) is 6. The maximum Gasteiger partial charge on any atom is 0.102 e. The zero-order valence-corrected chi connectivity index (χ0v) is 26.5. The summed E-state index contributed by atoms with van der Waals surface area (Å²) in [4.78, 5) is 5.23. The minimum atomic E-state index is 0.872. The van der Waals surface area contributed by atoms with E-state index < -0.39 is 0 Å². The predicted molar refractivity (Wildman–Crippen MR) is 164 cm³/mol. The highest BCUT2D eigenvalue weighted by Gasteiger charge is 2.26. The van der Waals surface area contributed by atoms with E-state index in [-0.39, 0.29) is 0 Å². The Hall–Kier alpha value is -0.200.